The topological polar surface area (TPSA) is 67.2 Å². The quantitative estimate of drug-likeness (QED) is 0.885. The lowest BCUT2D eigenvalue weighted by Gasteiger charge is -2.49. The fourth-order valence-electron chi connectivity index (χ4n) is 4.63. The Morgan fingerprint density at radius 2 is 2.04 bits per heavy atom. The first-order valence-electron chi connectivity index (χ1n) is 9.27. The van der Waals surface area contributed by atoms with Crippen molar-refractivity contribution in [2.24, 2.45) is 5.41 Å². The average Bonchev–Trinajstić information content (AvgIpc) is 3.10. The van der Waals surface area contributed by atoms with E-state index in [1.165, 1.54) is 29.1 Å². The van der Waals surface area contributed by atoms with Crippen molar-refractivity contribution >= 4 is 0 Å². The minimum absolute atomic E-state index is 0.161. The van der Waals surface area contributed by atoms with Crippen LogP contribution < -0.4 is 10.9 Å². The Balaban J connectivity index is 1.63. The summed E-state index contributed by atoms with van der Waals surface area (Å²) >= 11 is 0. The van der Waals surface area contributed by atoms with E-state index >= 15 is 0 Å². The van der Waals surface area contributed by atoms with Gasteiger partial charge in [0.15, 0.2) is 0 Å². The summed E-state index contributed by atoms with van der Waals surface area (Å²) in [6.07, 6.45) is 6.32. The van der Waals surface area contributed by atoms with Gasteiger partial charge in [-0.2, -0.15) is 0 Å². The summed E-state index contributed by atoms with van der Waals surface area (Å²) < 4.78 is 14.9. The van der Waals surface area contributed by atoms with Crippen molar-refractivity contribution in [3.05, 3.63) is 52.8 Å². The van der Waals surface area contributed by atoms with E-state index in [1.807, 2.05) is 0 Å². The largest absolute Gasteiger partial charge is 0.387 e. The second-order valence-corrected chi connectivity index (χ2v) is 7.70. The van der Waals surface area contributed by atoms with Gasteiger partial charge in [-0.15, -0.1) is 0 Å². The molecule has 0 amide bonds. The molecule has 4 rings (SSSR count). The molecule has 1 unspecified atom stereocenters. The molecule has 1 aromatic carbocycles. The van der Waals surface area contributed by atoms with Crippen molar-refractivity contribution in [3.63, 3.8) is 0 Å². The Bertz CT molecular complexity index is 860. The standard InChI is InChI=1S/C20H24FN3O2/c21-16-5-3-4-15(10-16)17-11-18(25)24(14-23-17)13-20(26)8-9-22-12-19(20)6-1-2-7-19/h3-5,10-11,14,22,26H,1-2,6-9,12-13H2. The fourth-order valence-corrected chi connectivity index (χ4v) is 4.63. The summed E-state index contributed by atoms with van der Waals surface area (Å²) in [4.78, 5) is 17.0. The first-order chi connectivity index (χ1) is 12.5. The Labute approximate surface area is 151 Å². The number of piperidine rings is 1. The number of benzene rings is 1. The Morgan fingerprint density at radius 3 is 2.77 bits per heavy atom. The molecule has 138 valence electrons. The summed E-state index contributed by atoms with van der Waals surface area (Å²) in [5, 5.41) is 14.9. The van der Waals surface area contributed by atoms with E-state index in [2.05, 4.69) is 10.3 Å². The third-order valence-electron chi connectivity index (χ3n) is 6.16. The molecule has 2 aromatic rings. The number of nitrogens with zero attached hydrogens (tertiary/aromatic N) is 2. The van der Waals surface area contributed by atoms with E-state index in [1.54, 1.807) is 12.1 Å². The number of aromatic nitrogens is 2. The summed E-state index contributed by atoms with van der Waals surface area (Å²) in [6, 6.07) is 7.46. The maximum absolute atomic E-state index is 13.4. The second-order valence-electron chi connectivity index (χ2n) is 7.70. The highest BCUT2D eigenvalue weighted by atomic mass is 19.1. The molecule has 0 bridgehead atoms. The van der Waals surface area contributed by atoms with Crippen LogP contribution in [0.25, 0.3) is 11.3 Å². The summed E-state index contributed by atoms with van der Waals surface area (Å²) in [5.74, 6) is -0.360. The number of nitrogens with one attached hydrogen (secondary N) is 1. The molecule has 1 aliphatic carbocycles. The van der Waals surface area contributed by atoms with Crippen molar-refractivity contribution in [2.75, 3.05) is 13.1 Å². The van der Waals surface area contributed by atoms with Crippen molar-refractivity contribution in [1.82, 2.24) is 14.9 Å². The zero-order valence-electron chi connectivity index (χ0n) is 14.7. The predicted molar refractivity (Wildman–Crippen MR) is 97.2 cm³/mol. The number of hydrogen-bond acceptors (Lipinski definition) is 4. The third-order valence-corrected chi connectivity index (χ3v) is 6.16. The molecule has 26 heavy (non-hydrogen) atoms. The lowest BCUT2D eigenvalue weighted by atomic mass is 9.66. The van der Waals surface area contributed by atoms with E-state index in [4.69, 9.17) is 0 Å². The van der Waals surface area contributed by atoms with Crippen LogP contribution in [0, 0.1) is 11.2 Å². The zero-order valence-corrected chi connectivity index (χ0v) is 14.7. The van der Waals surface area contributed by atoms with Crippen molar-refractivity contribution in [1.29, 1.82) is 0 Å². The van der Waals surface area contributed by atoms with Crippen LogP contribution >= 0.6 is 0 Å². The highest BCUT2D eigenvalue weighted by Crippen LogP contribution is 2.49. The van der Waals surface area contributed by atoms with Crippen LogP contribution in [0.2, 0.25) is 0 Å². The van der Waals surface area contributed by atoms with Gasteiger partial charge in [0, 0.05) is 23.6 Å². The number of hydrogen-bond donors (Lipinski definition) is 2. The van der Waals surface area contributed by atoms with Crippen LogP contribution in [0.3, 0.4) is 0 Å². The number of halogens is 1. The van der Waals surface area contributed by atoms with Gasteiger partial charge >= 0.3 is 0 Å². The van der Waals surface area contributed by atoms with Crippen molar-refractivity contribution < 1.29 is 9.50 Å². The highest BCUT2D eigenvalue weighted by Gasteiger charge is 2.53. The SMILES string of the molecule is O=c1cc(-c2cccc(F)c2)ncn1CC1(O)CCNCC12CCCC2. The lowest BCUT2D eigenvalue weighted by Crippen LogP contribution is -2.60. The van der Waals surface area contributed by atoms with Crippen LogP contribution in [-0.2, 0) is 6.54 Å². The molecule has 0 radical (unpaired) electrons. The molecule has 1 atom stereocenters. The van der Waals surface area contributed by atoms with E-state index in [0.717, 1.165) is 38.8 Å². The van der Waals surface area contributed by atoms with Gasteiger partial charge in [0.05, 0.1) is 24.2 Å². The van der Waals surface area contributed by atoms with Gasteiger partial charge in [-0.05, 0) is 37.9 Å². The summed E-state index contributed by atoms with van der Waals surface area (Å²) in [5.41, 5.74) is -0.271. The van der Waals surface area contributed by atoms with Gasteiger partial charge in [-0.25, -0.2) is 9.37 Å². The van der Waals surface area contributed by atoms with E-state index in [0.29, 0.717) is 17.7 Å². The molecule has 1 aliphatic heterocycles. The maximum Gasteiger partial charge on any atom is 0.253 e. The van der Waals surface area contributed by atoms with Gasteiger partial charge in [-0.3, -0.25) is 9.36 Å². The summed E-state index contributed by atoms with van der Waals surface area (Å²) in [6.45, 7) is 1.80. The number of aliphatic hydroxyl groups is 1. The summed E-state index contributed by atoms with van der Waals surface area (Å²) in [7, 11) is 0. The maximum atomic E-state index is 13.4. The lowest BCUT2D eigenvalue weighted by molar-refractivity contribution is -0.115. The van der Waals surface area contributed by atoms with E-state index < -0.39 is 5.60 Å². The molecule has 2 N–H and O–H groups in total. The van der Waals surface area contributed by atoms with Crippen LogP contribution in [0.1, 0.15) is 32.1 Å². The first-order valence-corrected chi connectivity index (χ1v) is 9.27. The second kappa shape index (κ2) is 6.59. The Morgan fingerprint density at radius 1 is 1.23 bits per heavy atom. The van der Waals surface area contributed by atoms with Gasteiger partial charge in [0.25, 0.3) is 5.56 Å². The zero-order chi connectivity index (χ0) is 18.2. The molecule has 1 spiro atoms. The van der Waals surface area contributed by atoms with Crippen LogP contribution in [0.15, 0.2) is 41.5 Å². The minimum Gasteiger partial charge on any atom is -0.387 e. The third kappa shape index (κ3) is 2.97. The minimum atomic E-state index is -0.902. The molecular formula is C20H24FN3O2. The first kappa shape index (κ1) is 17.4. The van der Waals surface area contributed by atoms with Gasteiger partial charge < -0.3 is 10.4 Å². The normalized spacial score (nSPS) is 24.8. The fraction of sp³-hybridized carbons (Fsp3) is 0.500. The monoisotopic (exact) mass is 357 g/mol. The smallest absolute Gasteiger partial charge is 0.253 e. The van der Waals surface area contributed by atoms with E-state index in [9.17, 15) is 14.3 Å². The molecule has 5 nitrogen and oxygen atoms in total. The van der Waals surface area contributed by atoms with Crippen LogP contribution in [0.4, 0.5) is 4.39 Å². The van der Waals surface area contributed by atoms with Crippen LogP contribution in [0.5, 0.6) is 0 Å². The molecule has 2 fully saturated rings. The molecule has 6 heteroatoms. The molecular weight excluding hydrogens is 333 g/mol. The van der Waals surface area contributed by atoms with Gasteiger partial charge in [0.2, 0.25) is 0 Å². The van der Waals surface area contributed by atoms with Crippen molar-refractivity contribution in [3.8, 4) is 11.3 Å². The molecule has 2 aliphatic rings. The average molecular weight is 357 g/mol. The predicted octanol–water partition coefficient (Wildman–Crippen LogP) is 2.33. The molecule has 1 saturated heterocycles. The Kier molecular flexibility index (Phi) is 4.40. The Hall–Kier alpha value is -2.05. The van der Waals surface area contributed by atoms with Gasteiger partial charge in [-0.1, -0.05) is 25.0 Å². The van der Waals surface area contributed by atoms with Crippen LogP contribution in [-0.4, -0.2) is 33.3 Å². The van der Waals surface area contributed by atoms with E-state index in [-0.39, 0.29) is 23.3 Å². The molecule has 1 saturated carbocycles. The molecule has 2 heterocycles. The molecule has 1 aromatic heterocycles. The number of rotatable bonds is 3. The highest BCUT2D eigenvalue weighted by molar-refractivity contribution is 5.58. The van der Waals surface area contributed by atoms with Crippen molar-refractivity contribution in [2.45, 2.75) is 44.2 Å². The van der Waals surface area contributed by atoms with Gasteiger partial charge in [0.1, 0.15) is 5.82 Å².